The maximum Gasteiger partial charge on any atom is 0.00673 e. The fraction of sp³-hybridized carbons (Fsp3) is 0.800. The van der Waals surface area contributed by atoms with Crippen molar-refractivity contribution in [1.29, 1.82) is 5.41 Å². The smallest absolute Gasteiger partial charge is 0.00673 e. The maximum absolute atomic E-state index is 7.47. The van der Waals surface area contributed by atoms with Crippen molar-refractivity contribution in [3.05, 3.63) is 11.6 Å². The van der Waals surface area contributed by atoms with Crippen LogP contribution in [0.4, 0.5) is 0 Å². The van der Waals surface area contributed by atoms with Crippen LogP contribution in [0.3, 0.4) is 0 Å². The summed E-state index contributed by atoms with van der Waals surface area (Å²) in [5.41, 5.74) is 2.45. The first-order valence-electron chi connectivity index (χ1n) is 6.91. The van der Waals surface area contributed by atoms with Crippen molar-refractivity contribution in [3.8, 4) is 0 Å². The molecule has 1 aliphatic rings. The van der Waals surface area contributed by atoms with E-state index >= 15 is 0 Å². The number of allylic oxidation sites excluding steroid dienone is 2. The Morgan fingerprint density at radius 2 is 2.12 bits per heavy atom. The molecule has 1 aliphatic carbocycles. The molecular formula is C15H27N. The van der Waals surface area contributed by atoms with Gasteiger partial charge in [-0.1, -0.05) is 51.2 Å². The van der Waals surface area contributed by atoms with Gasteiger partial charge in [0.15, 0.2) is 0 Å². The largest absolute Gasteiger partial charge is 0.310 e. The minimum absolute atomic E-state index is 0.668. The summed E-state index contributed by atoms with van der Waals surface area (Å²) in [6.45, 7) is 6.51. The Morgan fingerprint density at radius 3 is 2.69 bits per heavy atom. The molecule has 2 atom stereocenters. The quantitative estimate of drug-likeness (QED) is 0.420. The van der Waals surface area contributed by atoms with E-state index in [9.17, 15) is 0 Å². The van der Waals surface area contributed by atoms with E-state index in [1.807, 2.05) is 6.92 Å². The normalized spacial score (nSPS) is 20.4. The predicted octanol–water partition coefficient (Wildman–Crippen LogP) is 4.97. The van der Waals surface area contributed by atoms with Crippen LogP contribution in [0.25, 0.3) is 0 Å². The third-order valence-corrected chi connectivity index (χ3v) is 3.69. The van der Waals surface area contributed by atoms with E-state index in [1.165, 1.54) is 38.5 Å². The predicted molar refractivity (Wildman–Crippen MR) is 72.1 cm³/mol. The Labute approximate surface area is 101 Å². The first-order chi connectivity index (χ1) is 7.67. The summed E-state index contributed by atoms with van der Waals surface area (Å²) in [7, 11) is 0. The molecule has 1 rings (SSSR count). The van der Waals surface area contributed by atoms with Gasteiger partial charge in [-0.3, -0.25) is 0 Å². The zero-order valence-corrected chi connectivity index (χ0v) is 11.2. The number of unbranched alkanes of at least 4 members (excludes halogenated alkanes) is 1. The molecule has 0 saturated heterocycles. The zero-order chi connectivity index (χ0) is 12.0. The van der Waals surface area contributed by atoms with E-state index in [2.05, 4.69) is 19.9 Å². The number of hydrogen-bond acceptors (Lipinski definition) is 1. The highest BCUT2D eigenvalue weighted by atomic mass is 14.4. The van der Waals surface area contributed by atoms with Crippen molar-refractivity contribution in [2.75, 3.05) is 0 Å². The Hall–Kier alpha value is -0.590. The molecule has 16 heavy (non-hydrogen) atoms. The van der Waals surface area contributed by atoms with Crippen LogP contribution in [-0.2, 0) is 0 Å². The lowest BCUT2D eigenvalue weighted by atomic mass is 9.93. The van der Waals surface area contributed by atoms with E-state index in [0.29, 0.717) is 5.92 Å². The maximum atomic E-state index is 7.47. The van der Waals surface area contributed by atoms with Crippen molar-refractivity contribution in [2.45, 2.75) is 65.7 Å². The van der Waals surface area contributed by atoms with Crippen molar-refractivity contribution >= 4 is 5.71 Å². The average Bonchev–Trinajstić information content (AvgIpc) is 2.96. The fourth-order valence-electron chi connectivity index (χ4n) is 2.42. The first kappa shape index (κ1) is 13.5. The summed E-state index contributed by atoms with van der Waals surface area (Å²) in [4.78, 5) is 0. The van der Waals surface area contributed by atoms with Gasteiger partial charge in [0.2, 0.25) is 0 Å². The summed E-state index contributed by atoms with van der Waals surface area (Å²) in [5.74, 6) is 1.60. The van der Waals surface area contributed by atoms with Crippen LogP contribution >= 0.6 is 0 Å². The number of nitrogens with one attached hydrogen (secondary N) is 1. The summed E-state index contributed by atoms with van der Waals surface area (Å²) in [5, 5.41) is 7.47. The Balaban J connectivity index is 2.10. The van der Waals surface area contributed by atoms with Gasteiger partial charge < -0.3 is 5.41 Å². The molecule has 0 aromatic rings. The van der Waals surface area contributed by atoms with Gasteiger partial charge in [0, 0.05) is 11.6 Å². The standard InChI is InChI=1S/C15H27N/c1-4-6-7-13(5-2)8-9-14-11-15(14)10-12(3)16/h11,13,15-16H,4-10H2,1-3H3. The lowest BCUT2D eigenvalue weighted by molar-refractivity contribution is 0.421. The summed E-state index contributed by atoms with van der Waals surface area (Å²) in [6.07, 6.45) is 11.5. The molecular weight excluding hydrogens is 194 g/mol. The van der Waals surface area contributed by atoms with E-state index in [-0.39, 0.29) is 0 Å². The molecule has 0 saturated carbocycles. The molecule has 92 valence electrons. The van der Waals surface area contributed by atoms with Crippen LogP contribution in [0.5, 0.6) is 0 Å². The number of hydrogen-bond donors (Lipinski definition) is 1. The van der Waals surface area contributed by atoms with Gasteiger partial charge in [-0.15, -0.1) is 0 Å². The third kappa shape index (κ3) is 4.96. The minimum atomic E-state index is 0.668. The second-order valence-electron chi connectivity index (χ2n) is 5.29. The molecule has 0 aliphatic heterocycles. The molecule has 0 radical (unpaired) electrons. The Kier molecular flexibility index (Phi) is 5.79. The molecule has 0 aromatic heterocycles. The summed E-state index contributed by atoms with van der Waals surface area (Å²) < 4.78 is 0. The van der Waals surface area contributed by atoms with Crippen LogP contribution in [0.1, 0.15) is 65.7 Å². The van der Waals surface area contributed by atoms with E-state index < -0.39 is 0 Å². The second kappa shape index (κ2) is 6.88. The van der Waals surface area contributed by atoms with E-state index in [4.69, 9.17) is 5.41 Å². The molecule has 0 spiro atoms. The summed E-state index contributed by atoms with van der Waals surface area (Å²) >= 11 is 0. The molecule has 0 aromatic carbocycles. The molecule has 1 heteroatoms. The van der Waals surface area contributed by atoms with Gasteiger partial charge in [0.05, 0.1) is 0 Å². The monoisotopic (exact) mass is 221 g/mol. The topological polar surface area (TPSA) is 23.9 Å². The molecule has 1 nitrogen and oxygen atoms in total. The highest BCUT2D eigenvalue weighted by Gasteiger charge is 2.24. The van der Waals surface area contributed by atoms with Gasteiger partial charge in [-0.05, 0) is 32.1 Å². The van der Waals surface area contributed by atoms with Crippen molar-refractivity contribution in [2.24, 2.45) is 11.8 Å². The van der Waals surface area contributed by atoms with Gasteiger partial charge >= 0.3 is 0 Å². The van der Waals surface area contributed by atoms with Gasteiger partial charge in [-0.2, -0.15) is 0 Å². The van der Waals surface area contributed by atoms with Gasteiger partial charge in [0.1, 0.15) is 0 Å². The molecule has 0 heterocycles. The SMILES string of the molecule is CCCCC(CC)CCC1=CC1CC(C)=N. The van der Waals surface area contributed by atoms with E-state index in [0.717, 1.165) is 18.1 Å². The van der Waals surface area contributed by atoms with Crippen LogP contribution < -0.4 is 0 Å². The second-order valence-corrected chi connectivity index (χ2v) is 5.29. The molecule has 0 bridgehead atoms. The Bertz CT molecular complexity index is 252. The van der Waals surface area contributed by atoms with Gasteiger partial charge in [-0.25, -0.2) is 0 Å². The van der Waals surface area contributed by atoms with E-state index in [1.54, 1.807) is 5.57 Å². The highest BCUT2D eigenvalue weighted by molar-refractivity contribution is 5.80. The van der Waals surface area contributed by atoms with Crippen LogP contribution in [0.15, 0.2) is 11.6 Å². The van der Waals surface area contributed by atoms with Crippen molar-refractivity contribution < 1.29 is 0 Å². The molecule has 0 fully saturated rings. The molecule has 0 amide bonds. The minimum Gasteiger partial charge on any atom is -0.310 e. The van der Waals surface area contributed by atoms with Crippen molar-refractivity contribution in [3.63, 3.8) is 0 Å². The fourth-order valence-corrected chi connectivity index (χ4v) is 2.42. The average molecular weight is 221 g/mol. The molecule has 2 unspecified atom stereocenters. The molecule has 1 N–H and O–H groups in total. The van der Waals surface area contributed by atoms with Crippen molar-refractivity contribution in [1.82, 2.24) is 0 Å². The lowest BCUT2D eigenvalue weighted by Gasteiger charge is -2.13. The highest BCUT2D eigenvalue weighted by Crippen LogP contribution is 2.37. The van der Waals surface area contributed by atoms with Crippen LogP contribution in [0.2, 0.25) is 0 Å². The first-order valence-corrected chi connectivity index (χ1v) is 6.91. The van der Waals surface area contributed by atoms with Gasteiger partial charge in [0.25, 0.3) is 0 Å². The van der Waals surface area contributed by atoms with Crippen LogP contribution in [-0.4, -0.2) is 5.71 Å². The third-order valence-electron chi connectivity index (χ3n) is 3.69. The number of rotatable bonds is 9. The summed E-state index contributed by atoms with van der Waals surface area (Å²) in [6, 6.07) is 0. The lowest BCUT2D eigenvalue weighted by Crippen LogP contribution is -1.99. The Morgan fingerprint density at radius 1 is 1.38 bits per heavy atom. The van der Waals surface area contributed by atoms with Crippen LogP contribution in [0, 0.1) is 17.2 Å². The zero-order valence-electron chi connectivity index (χ0n) is 11.2.